The van der Waals surface area contributed by atoms with Crippen LogP contribution in [0.2, 0.25) is 0 Å². The molecule has 0 aromatic heterocycles. The molecule has 0 amide bonds. The highest BCUT2D eigenvalue weighted by atomic mass is 16.7. The molecule has 2 aromatic carbocycles. The number of esters is 2. The van der Waals surface area contributed by atoms with Crippen molar-refractivity contribution in [2.24, 2.45) is 11.3 Å². The van der Waals surface area contributed by atoms with Crippen LogP contribution in [-0.4, -0.2) is 65.6 Å². The van der Waals surface area contributed by atoms with E-state index in [1.807, 2.05) is 12.1 Å². The molecule has 2 aromatic rings. The Morgan fingerprint density at radius 2 is 2.00 bits per heavy atom. The molecule has 8 heteroatoms. The highest BCUT2D eigenvalue weighted by Gasteiger charge is 2.75. The van der Waals surface area contributed by atoms with Gasteiger partial charge in [0.15, 0.2) is 0 Å². The number of fused-ring (bicyclic) bond motifs is 4. The van der Waals surface area contributed by atoms with Gasteiger partial charge in [0.2, 0.25) is 6.79 Å². The van der Waals surface area contributed by atoms with Crippen molar-refractivity contribution in [1.29, 1.82) is 0 Å². The molecule has 6 atom stereocenters. The van der Waals surface area contributed by atoms with E-state index in [4.69, 9.17) is 14.2 Å². The third kappa shape index (κ3) is 3.53. The van der Waals surface area contributed by atoms with E-state index in [2.05, 4.69) is 28.4 Å². The molecule has 2 saturated carbocycles. The number of hydrogen-bond donors (Lipinski definition) is 2. The molecule has 41 heavy (non-hydrogen) atoms. The van der Waals surface area contributed by atoms with Crippen molar-refractivity contribution in [2.75, 3.05) is 25.2 Å². The zero-order valence-electron chi connectivity index (χ0n) is 23.9. The van der Waals surface area contributed by atoms with Crippen LogP contribution >= 0.6 is 0 Å². The first kappa shape index (κ1) is 25.6. The molecule has 8 rings (SSSR count). The predicted molar refractivity (Wildman–Crippen MR) is 151 cm³/mol. The minimum absolute atomic E-state index is 0.0155. The molecule has 6 unspecified atom stereocenters. The Morgan fingerprint density at radius 3 is 2.78 bits per heavy atom. The van der Waals surface area contributed by atoms with Crippen molar-refractivity contribution < 1.29 is 28.9 Å². The largest absolute Gasteiger partial charge is 0.487 e. The van der Waals surface area contributed by atoms with Crippen LogP contribution in [0.25, 0.3) is 0 Å². The lowest BCUT2D eigenvalue weighted by Crippen LogP contribution is -2.78. The average molecular weight is 559 g/mol. The molecule has 0 radical (unpaired) electrons. The lowest BCUT2D eigenvalue weighted by atomic mass is 9.46. The van der Waals surface area contributed by atoms with Crippen LogP contribution in [0, 0.1) is 11.3 Å². The monoisotopic (exact) mass is 558 g/mol. The van der Waals surface area contributed by atoms with Gasteiger partial charge < -0.3 is 24.6 Å². The number of nitrogens with zero attached hydrogens (tertiary/aromatic N) is 1. The molecular weight excluding hydrogens is 520 g/mol. The number of likely N-dealkylation sites (tertiary alicyclic amines) is 1. The summed E-state index contributed by atoms with van der Waals surface area (Å²) in [7, 11) is 0. The maximum atomic E-state index is 13.0. The quantitative estimate of drug-likeness (QED) is 0.418. The summed E-state index contributed by atoms with van der Waals surface area (Å²) in [5, 5.41) is 16.7. The van der Waals surface area contributed by atoms with Gasteiger partial charge in [-0.3, -0.25) is 9.69 Å². The van der Waals surface area contributed by atoms with Crippen LogP contribution in [0.15, 0.2) is 36.4 Å². The zero-order chi connectivity index (χ0) is 28.3. The fourth-order valence-corrected chi connectivity index (χ4v) is 8.71. The molecule has 6 aliphatic rings. The summed E-state index contributed by atoms with van der Waals surface area (Å²) in [6.45, 7) is 6.89. The number of rotatable bonds is 5. The van der Waals surface area contributed by atoms with Crippen molar-refractivity contribution in [3.05, 3.63) is 58.7 Å². The van der Waals surface area contributed by atoms with Gasteiger partial charge in [-0.05, 0) is 94.7 Å². The number of carbonyl (C=O) groups is 2. The van der Waals surface area contributed by atoms with Crippen LogP contribution in [0.1, 0.15) is 79.4 Å². The smallest absolute Gasteiger partial charge is 0.341 e. The molecule has 2 bridgehead atoms. The third-order valence-electron chi connectivity index (χ3n) is 10.8. The van der Waals surface area contributed by atoms with Crippen LogP contribution in [0.3, 0.4) is 0 Å². The fraction of sp³-hybridized carbons (Fsp3) is 0.576. The van der Waals surface area contributed by atoms with Gasteiger partial charge in [0, 0.05) is 29.8 Å². The maximum absolute atomic E-state index is 13.0. The predicted octanol–water partition coefficient (Wildman–Crippen LogP) is 4.14. The van der Waals surface area contributed by atoms with Gasteiger partial charge in [-0.25, -0.2) is 4.79 Å². The summed E-state index contributed by atoms with van der Waals surface area (Å²) in [4.78, 5) is 27.5. The summed E-state index contributed by atoms with van der Waals surface area (Å²) in [6, 6.07) is 12.0. The Bertz CT molecular complexity index is 1460. The number of anilines is 1. The molecule has 1 spiro atoms. The first-order valence-corrected chi connectivity index (χ1v) is 15.1. The molecule has 3 fully saturated rings. The van der Waals surface area contributed by atoms with E-state index in [-0.39, 0.29) is 24.1 Å². The number of benzene rings is 2. The number of ether oxygens (including phenoxy) is 3. The summed E-state index contributed by atoms with van der Waals surface area (Å²) >= 11 is 0. The molecule has 3 aliphatic carbocycles. The molecule has 216 valence electrons. The standard InChI is InChI=1S/C33H38N2O6/c1-31(2,3)30(37)40-17-39-29(36)20-9-10-21-22-15-33(38)25-14-19-5-4-6-24-26(19)32(33,11-12-35(25)16-18-7-8-18)28(41-24)27(22)34-23(21)13-20/h4-6,9-10,13,18,22,25,27-28,34,38H,7-8,11-12,14-17H2,1-3H3. The lowest BCUT2D eigenvalue weighted by molar-refractivity contribution is -0.191. The second-order valence-electron chi connectivity index (χ2n) is 14.1. The fourth-order valence-electron chi connectivity index (χ4n) is 8.71. The molecule has 3 heterocycles. The van der Waals surface area contributed by atoms with E-state index < -0.39 is 35.2 Å². The minimum Gasteiger partial charge on any atom is -0.487 e. The van der Waals surface area contributed by atoms with Crippen LogP contribution < -0.4 is 10.1 Å². The zero-order valence-corrected chi connectivity index (χ0v) is 23.9. The topological polar surface area (TPSA) is 97.3 Å². The first-order valence-electron chi connectivity index (χ1n) is 15.1. The summed E-state index contributed by atoms with van der Waals surface area (Å²) in [5.41, 5.74) is 2.92. The van der Waals surface area contributed by atoms with Gasteiger partial charge in [-0.2, -0.15) is 0 Å². The highest BCUT2D eigenvalue weighted by molar-refractivity contribution is 5.91. The van der Waals surface area contributed by atoms with Crippen molar-refractivity contribution >= 4 is 17.6 Å². The Labute approximate surface area is 240 Å². The Hall–Kier alpha value is -3.10. The number of piperidine rings is 1. The summed E-state index contributed by atoms with van der Waals surface area (Å²) < 4.78 is 17.2. The molecule has 8 nitrogen and oxygen atoms in total. The third-order valence-corrected chi connectivity index (χ3v) is 10.8. The number of nitrogens with one attached hydrogen (secondary N) is 1. The molecule has 2 N–H and O–H groups in total. The van der Waals surface area contributed by atoms with Crippen molar-refractivity contribution in [3.63, 3.8) is 0 Å². The SMILES string of the molecule is CC(C)(C)C(=O)OCOC(=O)c1ccc2c(c1)NC1C2CC2(O)C3Cc4cccc5c4C2(CCN3CC2CC2)C1O5. The van der Waals surface area contributed by atoms with Crippen LogP contribution in [0.4, 0.5) is 5.69 Å². The lowest BCUT2D eigenvalue weighted by Gasteiger charge is -2.65. The summed E-state index contributed by atoms with van der Waals surface area (Å²) in [6.07, 6.45) is 4.78. The average Bonchev–Trinajstić information content (AvgIpc) is 3.58. The van der Waals surface area contributed by atoms with Gasteiger partial charge >= 0.3 is 11.9 Å². The Morgan fingerprint density at radius 1 is 1.17 bits per heavy atom. The van der Waals surface area contributed by atoms with E-state index >= 15 is 0 Å². The Balaban J connectivity index is 1.10. The normalized spacial score (nSPS) is 34.0. The van der Waals surface area contributed by atoms with E-state index in [0.717, 1.165) is 48.8 Å². The van der Waals surface area contributed by atoms with E-state index in [0.29, 0.717) is 12.0 Å². The van der Waals surface area contributed by atoms with E-state index in [9.17, 15) is 14.7 Å². The minimum atomic E-state index is -0.899. The second-order valence-corrected chi connectivity index (χ2v) is 14.1. The van der Waals surface area contributed by atoms with Crippen molar-refractivity contribution in [2.45, 2.75) is 88.0 Å². The van der Waals surface area contributed by atoms with Gasteiger partial charge in [0.1, 0.15) is 11.9 Å². The van der Waals surface area contributed by atoms with Gasteiger partial charge in [0.05, 0.1) is 28.0 Å². The van der Waals surface area contributed by atoms with Crippen LogP contribution in [-0.2, 0) is 26.1 Å². The molecular formula is C33H38N2O6. The second kappa shape index (κ2) is 8.48. The number of aliphatic hydroxyl groups is 1. The highest BCUT2D eigenvalue weighted by Crippen LogP contribution is 2.67. The molecule has 1 saturated heterocycles. The van der Waals surface area contributed by atoms with Crippen molar-refractivity contribution in [3.8, 4) is 5.75 Å². The van der Waals surface area contributed by atoms with Gasteiger partial charge in [-0.1, -0.05) is 18.2 Å². The molecule has 3 aliphatic heterocycles. The first-order chi connectivity index (χ1) is 19.6. The van der Waals surface area contributed by atoms with E-state index in [1.165, 1.54) is 24.0 Å². The van der Waals surface area contributed by atoms with Crippen LogP contribution in [0.5, 0.6) is 5.75 Å². The van der Waals surface area contributed by atoms with Gasteiger partial charge in [-0.15, -0.1) is 0 Å². The van der Waals surface area contributed by atoms with Gasteiger partial charge in [0.25, 0.3) is 0 Å². The van der Waals surface area contributed by atoms with Crippen molar-refractivity contribution in [1.82, 2.24) is 4.90 Å². The van der Waals surface area contributed by atoms with E-state index in [1.54, 1.807) is 26.8 Å². The summed E-state index contributed by atoms with van der Waals surface area (Å²) in [5.74, 6) is 0.775. The maximum Gasteiger partial charge on any atom is 0.341 e. The number of carbonyl (C=O) groups excluding carboxylic acids is 2. The Kier molecular flexibility index (Phi) is 5.29. The number of hydrogen-bond acceptors (Lipinski definition) is 8.